The largest absolute Gasteiger partial charge is 0.501 e. The first kappa shape index (κ1) is 12.1. The van der Waals surface area contributed by atoms with Crippen molar-refractivity contribution in [1.82, 2.24) is 0 Å². The van der Waals surface area contributed by atoms with E-state index >= 15 is 0 Å². The minimum absolute atomic E-state index is 0.0635. The summed E-state index contributed by atoms with van der Waals surface area (Å²) in [7, 11) is -5.41. The van der Waals surface area contributed by atoms with E-state index in [1.807, 2.05) is 0 Å². The maximum absolute atomic E-state index is 12.1. The van der Waals surface area contributed by atoms with Gasteiger partial charge in [-0.1, -0.05) is 11.6 Å². The molecule has 0 saturated carbocycles. The Morgan fingerprint density at radius 1 is 1.27 bits per heavy atom. The molecule has 2 N–H and O–H groups in total. The number of halogens is 4. The molecule has 1 rings (SSSR count). The Kier molecular flexibility index (Phi) is 2.88. The topological polar surface area (TPSA) is 60.2 Å². The summed E-state index contributed by atoms with van der Waals surface area (Å²) in [5, 5.41) is 0.0635. The summed E-state index contributed by atoms with van der Waals surface area (Å²) in [6.07, 6.45) is 0. The molecular weight excluding hydrogens is 255 g/mol. The smallest absolute Gasteiger partial charge is 0.398 e. The number of hydrogen-bond acceptors (Lipinski definition) is 3. The predicted octanol–water partition coefficient (Wildman–Crippen LogP) is 2.22. The van der Waals surface area contributed by atoms with Crippen LogP contribution in [0.5, 0.6) is 0 Å². The van der Waals surface area contributed by atoms with Gasteiger partial charge in [-0.05, 0) is 18.2 Å². The second kappa shape index (κ2) is 3.57. The van der Waals surface area contributed by atoms with Crippen LogP contribution in [-0.4, -0.2) is 13.9 Å². The van der Waals surface area contributed by atoms with Gasteiger partial charge in [-0.2, -0.15) is 13.2 Å². The van der Waals surface area contributed by atoms with E-state index in [1.165, 1.54) is 0 Å². The van der Waals surface area contributed by atoms with E-state index in [0.29, 0.717) is 0 Å². The Labute approximate surface area is 88.6 Å². The van der Waals surface area contributed by atoms with Gasteiger partial charge < -0.3 is 5.73 Å². The lowest BCUT2D eigenvalue weighted by Gasteiger charge is -2.10. The number of rotatable bonds is 1. The first-order chi connectivity index (χ1) is 6.66. The lowest BCUT2D eigenvalue weighted by Crippen LogP contribution is -2.24. The number of anilines is 1. The SMILES string of the molecule is Nc1cc(Cl)ccc1S(=O)(=O)C(F)(F)F. The van der Waals surface area contributed by atoms with Crippen LogP contribution >= 0.6 is 11.6 Å². The van der Waals surface area contributed by atoms with Crippen LogP contribution in [-0.2, 0) is 9.84 Å². The maximum atomic E-state index is 12.1. The van der Waals surface area contributed by atoms with E-state index < -0.39 is 25.9 Å². The molecule has 0 unspecified atom stereocenters. The Morgan fingerprint density at radius 2 is 1.80 bits per heavy atom. The number of sulfone groups is 1. The fourth-order valence-corrected chi connectivity index (χ4v) is 1.94. The highest BCUT2D eigenvalue weighted by atomic mass is 35.5. The minimum atomic E-state index is -5.41. The molecule has 0 aliphatic carbocycles. The summed E-state index contributed by atoms with van der Waals surface area (Å²) in [5.74, 6) is 0. The predicted molar refractivity (Wildman–Crippen MR) is 49.1 cm³/mol. The van der Waals surface area contributed by atoms with Crippen LogP contribution in [0.1, 0.15) is 0 Å². The van der Waals surface area contributed by atoms with Gasteiger partial charge in [0.15, 0.2) is 0 Å². The van der Waals surface area contributed by atoms with Crippen molar-refractivity contribution < 1.29 is 21.6 Å². The summed E-state index contributed by atoms with van der Waals surface area (Å²) in [4.78, 5) is -0.987. The summed E-state index contributed by atoms with van der Waals surface area (Å²) in [6.45, 7) is 0. The third-order valence-corrected chi connectivity index (χ3v) is 3.36. The molecular formula is C7H5ClF3NO2S. The number of alkyl halides is 3. The van der Waals surface area contributed by atoms with Crippen molar-refractivity contribution in [1.29, 1.82) is 0 Å². The lowest BCUT2D eigenvalue weighted by molar-refractivity contribution is -0.0435. The Morgan fingerprint density at radius 3 is 2.20 bits per heavy atom. The van der Waals surface area contributed by atoms with Crippen LogP contribution in [0.3, 0.4) is 0 Å². The molecule has 0 bridgehead atoms. The summed E-state index contributed by atoms with van der Waals surface area (Å²) in [6, 6.07) is 2.69. The second-order valence-electron chi connectivity index (χ2n) is 2.63. The van der Waals surface area contributed by atoms with Crippen LogP contribution < -0.4 is 5.73 Å². The third-order valence-electron chi connectivity index (χ3n) is 1.57. The van der Waals surface area contributed by atoms with Crippen LogP contribution in [0.15, 0.2) is 23.1 Å². The standard InChI is InChI=1S/C7H5ClF3NO2S/c8-4-1-2-6(5(12)3-4)15(13,14)7(9,10)11/h1-3H,12H2. The highest BCUT2D eigenvalue weighted by Crippen LogP contribution is 2.34. The molecule has 1 aromatic rings. The molecule has 0 aromatic heterocycles. The first-order valence-electron chi connectivity index (χ1n) is 3.52. The molecule has 0 aliphatic rings. The van der Waals surface area contributed by atoms with Crippen molar-refractivity contribution in [3.8, 4) is 0 Å². The number of nitrogen functional groups attached to an aromatic ring is 1. The van der Waals surface area contributed by atoms with Crippen LogP contribution in [0.25, 0.3) is 0 Å². The average Bonchev–Trinajstić information content (AvgIpc) is 2.00. The van der Waals surface area contributed by atoms with Gasteiger partial charge in [-0.3, -0.25) is 0 Å². The van der Waals surface area contributed by atoms with Gasteiger partial charge in [0.1, 0.15) is 0 Å². The van der Waals surface area contributed by atoms with Gasteiger partial charge in [0.2, 0.25) is 0 Å². The van der Waals surface area contributed by atoms with E-state index in [1.54, 1.807) is 0 Å². The van der Waals surface area contributed by atoms with Crippen LogP contribution in [0, 0.1) is 0 Å². The highest BCUT2D eigenvalue weighted by Gasteiger charge is 2.47. The third kappa shape index (κ3) is 2.18. The minimum Gasteiger partial charge on any atom is -0.398 e. The van der Waals surface area contributed by atoms with E-state index in [2.05, 4.69) is 0 Å². The molecule has 0 fully saturated rings. The molecule has 8 heteroatoms. The van der Waals surface area contributed by atoms with Crippen molar-refractivity contribution in [3.05, 3.63) is 23.2 Å². The van der Waals surface area contributed by atoms with Crippen LogP contribution in [0.2, 0.25) is 5.02 Å². The normalized spacial score (nSPS) is 12.8. The number of nitrogens with two attached hydrogens (primary N) is 1. The lowest BCUT2D eigenvalue weighted by atomic mass is 10.3. The van der Waals surface area contributed by atoms with Gasteiger partial charge in [0, 0.05) is 5.02 Å². The fourth-order valence-electron chi connectivity index (χ4n) is 0.889. The Bertz CT molecular complexity index is 483. The van der Waals surface area contributed by atoms with E-state index in [0.717, 1.165) is 18.2 Å². The molecule has 84 valence electrons. The van der Waals surface area contributed by atoms with Gasteiger partial charge >= 0.3 is 5.51 Å². The summed E-state index contributed by atoms with van der Waals surface area (Å²) in [5.41, 5.74) is -0.753. The summed E-state index contributed by atoms with van der Waals surface area (Å²) >= 11 is 5.43. The highest BCUT2D eigenvalue weighted by molar-refractivity contribution is 7.92. The number of hydrogen-bond donors (Lipinski definition) is 1. The molecule has 3 nitrogen and oxygen atoms in total. The zero-order chi connectivity index (χ0) is 11.9. The Balaban J connectivity index is 3.42. The first-order valence-corrected chi connectivity index (χ1v) is 5.39. The van der Waals surface area contributed by atoms with Gasteiger partial charge in [0.05, 0.1) is 10.6 Å². The quantitative estimate of drug-likeness (QED) is 0.787. The molecule has 0 saturated heterocycles. The van der Waals surface area contributed by atoms with E-state index in [-0.39, 0.29) is 5.02 Å². The average molecular weight is 260 g/mol. The zero-order valence-electron chi connectivity index (χ0n) is 7.05. The molecule has 0 radical (unpaired) electrons. The van der Waals surface area contributed by atoms with E-state index in [9.17, 15) is 21.6 Å². The molecule has 1 aromatic carbocycles. The van der Waals surface area contributed by atoms with Gasteiger partial charge in [0.25, 0.3) is 9.84 Å². The zero-order valence-corrected chi connectivity index (χ0v) is 8.62. The van der Waals surface area contributed by atoms with E-state index in [4.69, 9.17) is 17.3 Å². The van der Waals surface area contributed by atoms with Gasteiger partial charge in [-0.25, -0.2) is 8.42 Å². The van der Waals surface area contributed by atoms with Crippen molar-refractivity contribution >= 4 is 27.1 Å². The summed E-state index contributed by atoms with van der Waals surface area (Å²) < 4.78 is 58.2. The van der Waals surface area contributed by atoms with Crippen molar-refractivity contribution in [3.63, 3.8) is 0 Å². The molecule has 0 heterocycles. The Hall–Kier alpha value is -0.950. The second-order valence-corrected chi connectivity index (χ2v) is 4.98. The fraction of sp³-hybridized carbons (Fsp3) is 0.143. The van der Waals surface area contributed by atoms with Crippen molar-refractivity contribution in [2.24, 2.45) is 0 Å². The molecule has 0 amide bonds. The maximum Gasteiger partial charge on any atom is 0.501 e. The number of benzene rings is 1. The molecule has 15 heavy (non-hydrogen) atoms. The van der Waals surface area contributed by atoms with Crippen molar-refractivity contribution in [2.75, 3.05) is 5.73 Å². The monoisotopic (exact) mass is 259 g/mol. The molecule has 0 aliphatic heterocycles. The van der Waals surface area contributed by atoms with Gasteiger partial charge in [-0.15, -0.1) is 0 Å². The van der Waals surface area contributed by atoms with Crippen molar-refractivity contribution in [2.45, 2.75) is 10.4 Å². The molecule has 0 atom stereocenters. The molecule has 0 spiro atoms. The van der Waals surface area contributed by atoms with Crippen LogP contribution in [0.4, 0.5) is 18.9 Å².